The van der Waals surface area contributed by atoms with Crippen molar-refractivity contribution in [1.29, 1.82) is 5.41 Å². The van der Waals surface area contributed by atoms with Crippen molar-refractivity contribution in [3.8, 4) is 0 Å². The third kappa shape index (κ3) is 2.90. The molecule has 0 bridgehead atoms. The molecule has 1 fully saturated rings. The van der Waals surface area contributed by atoms with Crippen molar-refractivity contribution in [2.75, 3.05) is 31.7 Å². The van der Waals surface area contributed by atoms with Gasteiger partial charge in [0.15, 0.2) is 5.82 Å². The molecule has 20 heavy (non-hydrogen) atoms. The molecule has 2 heterocycles. The number of hydrogen-bond donors (Lipinski definition) is 2. The van der Waals surface area contributed by atoms with E-state index in [1.165, 1.54) is 0 Å². The molecule has 0 spiro atoms. The van der Waals surface area contributed by atoms with Crippen LogP contribution >= 0.6 is 0 Å². The lowest BCUT2D eigenvalue weighted by molar-refractivity contribution is 0.143. The van der Waals surface area contributed by atoms with Gasteiger partial charge in [-0.15, -0.1) is 5.10 Å². The highest BCUT2D eigenvalue weighted by Crippen LogP contribution is 2.26. The number of rotatable bonds is 4. The Kier molecular flexibility index (Phi) is 4.54. The highest BCUT2D eigenvalue weighted by molar-refractivity contribution is 6.01. The number of amidine groups is 1. The fraction of sp³-hybridized carbons (Fsp3) is 0.643. The molecule has 1 aromatic rings. The van der Waals surface area contributed by atoms with Crippen molar-refractivity contribution < 1.29 is 4.74 Å². The SMILES string of the molecule is COCC1CCCN(c2nnc(C)c(C)c2C(=N)N)C1. The molecule has 1 atom stereocenters. The van der Waals surface area contributed by atoms with E-state index in [9.17, 15) is 0 Å². The lowest BCUT2D eigenvalue weighted by atomic mass is 9.98. The summed E-state index contributed by atoms with van der Waals surface area (Å²) in [5.74, 6) is 1.29. The number of hydrogen-bond acceptors (Lipinski definition) is 5. The van der Waals surface area contributed by atoms with Crippen LogP contribution in [0.1, 0.15) is 29.7 Å². The minimum absolute atomic E-state index is 0.0596. The van der Waals surface area contributed by atoms with Crippen LogP contribution in [0.25, 0.3) is 0 Å². The van der Waals surface area contributed by atoms with E-state index >= 15 is 0 Å². The molecule has 6 nitrogen and oxygen atoms in total. The van der Waals surface area contributed by atoms with Crippen molar-refractivity contribution in [3.05, 3.63) is 16.8 Å². The van der Waals surface area contributed by atoms with Gasteiger partial charge in [0, 0.05) is 20.2 Å². The number of nitrogens with one attached hydrogen (secondary N) is 1. The highest BCUT2D eigenvalue weighted by atomic mass is 16.5. The van der Waals surface area contributed by atoms with Crippen LogP contribution in [0.2, 0.25) is 0 Å². The van der Waals surface area contributed by atoms with E-state index in [4.69, 9.17) is 15.9 Å². The van der Waals surface area contributed by atoms with Gasteiger partial charge in [-0.1, -0.05) is 0 Å². The topological polar surface area (TPSA) is 88.1 Å². The number of ether oxygens (including phenoxy) is 1. The summed E-state index contributed by atoms with van der Waals surface area (Å²) in [5, 5.41) is 16.3. The van der Waals surface area contributed by atoms with E-state index in [1.807, 2.05) is 13.8 Å². The molecule has 3 N–H and O–H groups in total. The number of anilines is 1. The van der Waals surface area contributed by atoms with Crippen molar-refractivity contribution in [2.24, 2.45) is 11.7 Å². The maximum Gasteiger partial charge on any atom is 0.162 e. The fourth-order valence-electron chi connectivity index (χ4n) is 2.77. The molecule has 6 heteroatoms. The molecular formula is C14H23N5O. The molecule has 1 aromatic heterocycles. The van der Waals surface area contributed by atoms with Gasteiger partial charge in [0.05, 0.1) is 17.9 Å². The minimum atomic E-state index is 0.0596. The summed E-state index contributed by atoms with van der Waals surface area (Å²) in [5.41, 5.74) is 8.23. The zero-order valence-corrected chi connectivity index (χ0v) is 12.4. The zero-order chi connectivity index (χ0) is 14.7. The van der Waals surface area contributed by atoms with Crippen LogP contribution in [-0.4, -0.2) is 42.8 Å². The number of methoxy groups -OCH3 is 1. The summed E-state index contributed by atoms with van der Waals surface area (Å²) in [4.78, 5) is 2.18. The number of aryl methyl sites for hydroxylation is 1. The first-order chi connectivity index (χ1) is 9.54. The number of piperidine rings is 1. The standard InChI is InChI=1S/C14H23N5O/c1-9-10(2)17-18-14(12(9)13(15)16)19-6-4-5-11(7-19)8-20-3/h11H,4-8H2,1-3H3,(H3,15,16). The number of nitrogen functional groups attached to an aromatic ring is 1. The number of nitrogens with two attached hydrogens (primary N) is 1. The summed E-state index contributed by atoms with van der Waals surface area (Å²) < 4.78 is 5.26. The predicted molar refractivity (Wildman–Crippen MR) is 79.3 cm³/mol. The van der Waals surface area contributed by atoms with Gasteiger partial charge in [-0.25, -0.2) is 0 Å². The van der Waals surface area contributed by atoms with Gasteiger partial charge in [-0.05, 0) is 38.2 Å². The van der Waals surface area contributed by atoms with E-state index < -0.39 is 0 Å². The molecule has 2 rings (SSSR count). The van der Waals surface area contributed by atoms with Crippen molar-refractivity contribution in [3.63, 3.8) is 0 Å². The average Bonchev–Trinajstić information content (AvgIpc) is 2.42. The summed E-state index contributed by atoms with van der Waals surface area (Å²) in [6.07, 6.45) is 2.26. The van der Waals surface area contributed by atoms with Crippen LogP contribution in [0.15, 0.2) is 0 Å². The van der Waals surface area contributed by atoms with Gasteiger partial charge in [-0.2, -0.15) is 5.10 Å². The van der Waals surface area contributed by atoms with Gasteiger partial charge in [0.1, 0.15) is 5.84 Å². The van der Waals surface area contributed by atoms with E-state index in [0.717, 1.165) is 55.2 Å². The molecule has 1 aliphatic rings. The second-order valence-corrected chi connectivity index (χ2v) is 5.43. The smallest absolute Gasteiger partial charge is 0.162 e. The highest BCUT2D eigenvalue weighted by Gasteiger charge is 2.25. The van der Waals surface area contributed by atoms with Crippen LogP contribution in [-0.2, 0) is 4.74 Å². The Balaban J connectivity index is 2.32. The van der Waals surface area contributed by atoms with Gasteiger partial charge in [0.25, 0.3) is 0 Å². The second kappa shape index (κ2) is 6.17. The Morgan fingerprint density at radius 2 is 2.20 bits per heavy atom. The average molecular weight is 277 g/mol. The molecule has 110 valence electrons. The molecule has 0 amide bonds. The van der Waals surface area contributed by atoms with E-state index in [-0.39, 0.29) is 5.84 Å². The number of aromatic nitrogens is 2. The predicted octanol–water partition coefficient (Wildman–Crippen LogP) is 1.24. The van der Waals surface area contributed by atoms with Crippen molar-refractivity contribution >= 4 is 11.7 Å². The largest absolute Gasteiger partial charge is 0.384 e. The summed E-state index contributed by atoms with van der Waals surface area (Å²) >= 11 is 0. The summed E-state index contributed by atoms with van der Waals surface area (Å²) in [6, 6.07) is 0. The van der Waals surface area contributed by atoms with Crippen LogP contribution in [0, 0.1) is 25.2 Å². The van der Waals surface area contributed by atoms with Crippen LogP contribution in [0.3, 0.4) is 0 Å². The van der Waals surface area contributed by atoms with Gasteiger partial charge < -0.3 is 15.4 Å². The lowest BCUT2D eigenvalue weighted by Gasteiger charge is -2.34. The maximum absolute atomic E-state index is 7.82. The molecule has 1 saturated heterocycles. The van der Waals surface area contributed by atoms with Crippen LogP contribution < -0.4 is 10.6 Å². The maximum atomic E-state index is 7.82. The summed E-state index contributed by atoms with van der Waals surface area (Å²) in [7, 11) is 1.73. The quantitative estimate of drug-likeness (QED) is 0.638. The zero-order valence-electron chi connectivity index (χ0n) is 12.4. The molecule has 0 aromatic carbocycles. The Morgan fingerprint density at radius 1 is 1.45 bits per heavy atom. The summed E-state index contributed by atoms with van der Waals surface area (Å²) in [6.45, 7) is 6.40. The molecule has 0 saturated carbocycles. The Labute approximate surface area is 119 Å². The molecule has 1 aliphatic heterocycles. The van der Waals surface area contributed by atoms with Gasteiger partial charge >= 0.3 is 0 Å². The van der Waals surface area contributed by atoms with Crippen molar-refractivity contribution in [1.82, 2.24) is 10.2 Å². The normalized spacial score (nSPS) is 19.1. The first-order valence-corrected chi connectivity index (χ1v) is 6.96. The minimum Gasteiger partial charge on any atom is -0.384 e. The van der Waals surface area contributed by atoms with E-state index in [2.05, 4.69) is 15.1 Å². The van der Waals surface area contributed by atoms with E-state index in [0.29, 0.717) is 5.92 Å². The van der Waals surface area contributed by atoms with Crippen LogP contribution in [0.5, 0.6) is 0 Å². The molecule has 1 unspecified atom stereocenters. The Hall–Kier alpha value is -1.69. The third-order valence-corrected chi connectivity index (χ3v) is 3.93. The molecular weight excluding hydrogens is 254 g/mol. The first-order valence-electron chi connectivity index (χ1n) is 6.96. The Morgan fingerprint density at radius 3 is 2.85 bits per heavy atom. The number of nitrogens with zero attached hydrogens (tertiary/aromatic N) is 3. The lowest BCUT2D eigenvalue weighted by Crippen LogP contribution is -2.39. The van der Waals surface area contributed by atoms with Gasteiger partial charge in [0.2, 0.25) is 0 Å². The Bertz CT molecular complexity index is 501. The molecule has 0 aliphatic carbocycles. The second-order valence-electron chi connectivity index (χ2n) is 5.43. The fourth-order valence-corrected chi connectivity index (χ4v) is 2.77. The van der Waals surface area contributed by atoms with Crippen molar-refractivity contribution in [2.45, 2.75) is 26.7 Å². The van der Waals surface area contributed by atoms with Crippen LogP contribution in [0.4, 0.5) is 5.82 Å². The molecule has 0 radical (unpaired) electrons. The first kappa shape index (κ1) is 14.7. The monoisotopic (exact) mass is 277 g/mol. The third-order valence-electron chi connectivity index (χ3n) is 3.93. The van der Waals surface area contributed by atoms with E-state index in [1.54, 1.807) is 7.11 Å². The van der Waals surface area contributed by atoms with Gasteiger partial charge in [-0.3, -0.25) is 5.41 Å².